The van der Waals surface area contributed by atoms with Gasteiger partial charge in [-0.3, -0.25) is 43.6 Å². The smallest absolute Gasteiger partial charge is 0.331 e. The van der Waals surface area contributed by atoms with Gasteiger partial charge in [0.2, 0.25) is 5.91 Å². The molecule has 5 amide bonds. The third-order valence-electron chi connectivity index (χ3n) is 14.5. The summed E-state index contributed by atoms with van der Waals surface area (Å²) < 4.78 is 29.2. The molecule has 0 unspecified atom stereocenters. The Kier molecular flexibility index (Phi) is 15.7. The molecule has 3 N–H and O–H groups in total. The maximum Gasteiger partial charge on any atom is 0.331 e. The number of halogens is 1. The van der Waals surface area contributed by atoms with Gasteiger partial charge < -0.3 is 30.3 Å². The van der Waals surface area contributed by atoms with Crippen molar-refractivity contribution in [3.05, 3.63) is 107 Å². The summed E-state index contributed by atoms with van der Waals surface area (Å²) in [5, 5.41) is 8.15. The number of rotatable bonds is 13. The number of hydrogen-bond acceptors (Lipinski definition) is 14. The number of benzene rings is 3. The fraction of sp³-hybridized carbons (Fsp3) is 0.448. The number of aryl methyl sites for hydroxylation is 3. The quantitative estimate of drug-likeness (QED) is 0.109. The molecule has 9 rings (SSSR count). The van der Waals surface area contributed by atoms with Gasteiger partial charge in [0.1, 0.15) is 53.0 Å². The standard InChI is InChI=1S/C58H70FN11O8/c1-36-10-9-11-46(61-36)68(34-48(72)77-57(3,4)5)55(75)43-17-18-44(51(59)37(43)2)52-50(53(60)74)54-62-45-19-16-42(32-39(45)22-27-70(54)63-52)66-30-28-64(29-31-66)33-38-20-24-65(25-21-38)40-12-14-41(15-13-40)67-26-23-47(71)69(56(67)76)35-49(73)78-58(6,7)8/h9-19,32,38,62H,20-31,33-35H2,1-8H3,(H2,60,74). The second kappa shape index (κ2) is 22.2. The van der Waals surface area contributed by atoms with Crippen molar-refractivity contribution < 1.29 is 42.6 Å². The van der Waals surface area contributed by atoms with Crippen molar-refractivity contribution in [3.8, 4) is 11.3 Å². The lowest BCUT2D eigenvalue weighted by Crippen LogP contribution is -2.54. The minimum atomic E-state index is -0.803. The van der Waals surface area contributed by atoms with Crippen LogP contribution in [0.25, 0.3) is 11.3 Å². The maximum absolute atomic E-state index is 16.7. The minimum absolute atomic E-state index is 0.00217. The van der Waals surface area contributed by atoms with Crippen molar-refractivity contribution >= 4 is 70.1 Å². The van der Waals surface area contributed by atoms with Crippen LogP contribution in [-0.2, 0) is 36.8 Å². The lowest BCUT2D eigenvalue weighted by Gasteiger charge is -2.40. The van der Waals surface area contributed by atoms with Crippen LogP contribution in [0.1, 0.15) is 98.3 Å². The summed E-state index contributed by atoms with van der Waals surface area (Å²) in [5.74, 6) is -2.75. The molecule has 0 bridgehead atoms. The van der Waals surface area contributed by atoms with Crippen molar-refractivity contribution in [1.29, 1.82) is 0 Å². The molecule has 19 nitrogen and oxygen atoms in total. The number of carbonyl (C=O) groups is 6. The fourth-order valence-electron chi connectivity index (χ4n) is 10.7. The van der Waals surface area contributed by atoms with Crippen LogP contribution >= 0.6 is 0 Å². The molecule has 5 aromatic rings. The number of pyridine rings is 1. The predicted octanol–water partition coefficient (Wildman–Crippen LogP) is 7.63. The summed E-state index contributed by atoms with van der Waals surface area (Å²) in [4.78, 5) is 94.4. The van der Waals surface area contributed by atoms with Gasteiger partial charge in [0.15, 0.2) is 0 Å². The van der Waals surface area contributed by atoms with E-state index in [1.165, 1.54) is 24.0 Å². The summed E-state index contributed by atoms with van der Waals surface area (Å²) in [6, 6.07) is 21.5. The SMILES string of the molecule is Cc1cccc(N(CC(=O)OC(C)(C)C)C(=O)c2ccc(-c3nn4c(c3C(N)=O)Nc3ccc(N5CCN(CC6CCN(c7ccc(N8CCC(=O)N(CC(=O)OC(C)(C)C)C8=O)cc7)CC6)CC5)cc3CC4)c(F)c2C)n1. The van der Waals surface area contributed by atoms with Crippen molar-refractivity contribution in [2.45, 2.75) is 98.8 Å². The monoisotopic (exact) mass is 1070 g/mol. The van der Waals surface area contributed by atoms with Crippen LogP contribution in [0.15, 0.2) is 72.8 Å². The van der Waals surface area contributed by atoms with Gasteiger partial charge in [-0.05, 0) is 158 Å². The first-order chi connectivity index (χ1) is 37.0. The van der Waals surface area contributed by atoms with Crippen LogP contribution in [0.5, 0.6) is 0 Å². The molecular formula is C58H70FN11O8. The second-order valence-corrected chi connectivity index (χ2v) is 22.6. The number of anilines is 6. The zero-order valence-electron chi connectivity index (χ0n) is 45.9. The van der Waals surface area contributed by atoms with Crippen LogP contribution < -0.4 is 30.7 Å². The molecule has 78 heavy (non-hydrogen) atoms. The number of nitrogens with two attached hydrogens (primary N) is 1. The largest absolute Gasteiger partial charge is 0.459 e. The Bertz CT molecular complexity index is 3130. The molecule has 412 valence electrons. The first-order valence-corrected chi connectivity index (χ1v) is 26.7. The molecule has 0 spiro atoms. The zero-order chi connectivity index (χ0) is 55.8. The van der Waals surface area contributed by atoms with E-state index in [0.717, 1.165) is 86.2 Å². The molecule has 4 aliphatic rings. The van der Waals surface area contributed by atoms with Gasteiger partial charge in [0, 0.05) is 105 Å². The molecule has 2 aromatic heterocycles. The van der Waals surface area contributed by atoms with Crippen molar-refractivity contribution in [2.24, 2.45) is 11.7 Å². The summed E-state index contributed by atoms with van der Waals surface area (Å²) in [7, 11) is 0. The predicted molar refractivity (Wildman–Crippen MR) is 296 cm³/mol. The molecule has 0 atom stereocenters. The van der Waals surface area contributed by atoms with E-state index >= 15 is 4.39 Å². The van der Waals surface area contributed by atoms with Crippen LogP contribution in [0.3, 0.4) is 0 Å². The Morgan fingerprint density at radius 1 is 0.769 bits per heavy atom. The Balaban J connectivity index is 0.794. The van der Waals surface area contributed by atoms with Gasteiger partial charge in [-0.15, -0.1) is 0 Å². The molecule has 3 aromatic carbocycles. The summed E-state index contributed by atoms with van der Waals surface area (Å²) in [6.45, 7) is 19.9. The Morgan fingerprint density at radius 3 is 2.09 bits per heavy atom. The number of nitrogens with zero attached hydrogens (tertiary/aromatic N) is 9. The Labute approximate surface area is 454 Å². The zero-order valence-corrected chi connectivity index (χ0v) is 45.9. The number of esters is 2. The van der Waals surface area contributed by atoms with E-state index < -0.39 is 59.9 Å². The molecule has 6 heterocycles. The van der Waals surface area contributed by atoms with E-state index in [2.05, 4.69) is 37.1 Å². The number of piperazine rings is 1. The van der Waals surface area contributed by atoms with E-state index in [4.69, 9.17) is 20.3 Å². The topological polar surface area (TPSA) is 209 Å². The average molecular weight is 1070 g/mol. The fourth-order valence-corrected chi connectivity index (χ4v) is 10.7. The number of primary amides is 1. The van der Waals surface area contributed by atoms with Crippen LogP contribution in [0.4, 0.5) is 43.6 Å². The number of ether oxygens (including phenoxy) is 2. The number of urea groups is 1. The highest BCUT2D eigenvalue weighted by Gasteiger charge is 2.36. The van der Waals surface area contributed by atoms with Gasteiger partial charge in [-0.2, -0.15) is 5.10 Å². The number of fused-ring (bicyclic) bond motifs is 2. The third-order valence-corrected chi connectivity index (χ3v) is 14.5. The molecule has 3 fully saturated rings. The summed E-state index contributed by atoms with van der Waals surface area (Å²) in [6.07, 6.45) is 2.83. The van der Waals surface area contributed by atoms with E-state index in [1.54, 1.807) is 76.2 Å². The van der Waals surface area contributed by atoms with E-state index in [1.807, 2.05) is 30.3 Å². The first kappa shape index (κ1) is 54.9. The third kappa shape index (κ3) is 12.3. The number of aromatic nitrogens is 3. The average Bonchev–Trinajstić information content (AvgIpc) is 3.66. The van der Waals surface area contributed by atoms with Gasteiger partial charge in [0.05, 0.1) is 0 Å². The number of hydrogen-bond donors (Lipinski definition) is 2. The molecule has 0 saturated carbocycles. The van der Waals surface area contributed by atoms with Crippen molar-refractivity contribution in [2.75, 3.05) is 90.4 Å². The number of nitrogens with one attached hydrogen (secondary N) is 1. The number of carbonyl (C=O) groups excluding carboxylic acids is 6. The van der Waals surface area contributed by atoms with Crippen molar-refractivity contribution in [3.63, 3.8) is 0 Å². The summed E-state index contributed by atoms with van der Waals surface area (Å²) in [5.41, 5.74) is 9.88. The Hall–Kier alpha value is -7.87. The maximum atomic E-state index is 16.7. The van der Waals surface area contributed by atoms with E-state index in [-0.39, 0.29) is 52.6 Å². The lowest BCUT2D eigenvalue weighted by atomic mass is 9.95. The Morgan fingerprint density at radius 2 is 1.42 bits per heavy atom. The normalized spacial score (nSPS) is 16.5. The molecule has 4 aliphatic heterocycles. The lowest BCUT2D eigenvalue weighted by molar-refractivity contribution is -0.157. The molecule has 3 saturated heterocycles. The van der Waals surface area contributed by atoms with Crippen molar-refractivity contribution in [1.82, 2.24) is 24.6 Å². The first-order valence-electron chi connectivity index (χ1n) is 26.7. The van der Waals surface area contributed by atoms with E-state index in [9.17, 15) is 28.8 Å². The second-order valence-electron chi connectivity index (χ2n) is 22.6. The van der Waals surface area contributed by atoms with Crippen LogP contribution in [0, 0.1) is 25.6 Å². The van der Waals surface area contributed by atoms with Gasteiger partial charge in [-0.25, -0.2) is 18.9 Å². The highest BCUT2D eigenvalue weighted by atomic mass is 19.1. The molecule has 20 heteroatoms. The number of piperidine rings is 1. The van der Waals surface area contributed by atoms with E-state index in [0.29, 0.717) is 36.1 Å². The highest BCUT2D eigenvalue weighted by molar-refractivity contribution is 6.10. The minimum Gasteiger partial charge on any atom is -0.459 e. The highest BCUT2D eigenvalue weighted by Crippen LogP contribution is 2.38. The number of amides is 5. The van der Waals surface area contributed by atoms with Crippen LogP contribution in [0.2, 0.25) is 0 Å². The molecule has 0 aliphatic carbocycles. The van der Waals surface area contributed by atoms with Crippen LogP contribution in [-0.4, -0.2) is 137 Å². The van der Waals surface area contributed by atoms with Gasteiger partial charge >= 0.3 is 18.0 Å². The number of imide groups is 1. The summed E-state index contributed by atoms with van der Waals surface area (Å²) >= 11 is 0. The molecular weight excluding hydrogens is 998 g/mol. The molecule has 0 radical (unpaired) electrons. The van der Waals surface area contributed by atoms with Gasteiger partial charge in [-0.1, -0.05) is 6.07 Å². The van der Waals surface area contributed by atoms with Gasteiger partial charge in [0.25, 0.3) is 11.8 Å².